The Kier molecular flexibility index (Phi) is 4.52. The summed E-state index contributed by atoms with van der Waals surface area (Å²) < 4.78 is 4.89. The van der Waals surface area contributed by atoms with Crippen molar-refractivity contribution in [2.24, 2.45) is 0 Å². The molecular weight excluding hydrogens is 216 g/mol. The van der Waals surface area contributed by atoms with Crippen LogP contribution in [-0.4, -0.2) is 17.7 Å². The van der Waals surface area contributed by atoms with Crippen molar-refractivity contribution in [1.29, 1.82) is 0 Å². The van der Waals surface area contributed by atoms with Crippen LogP contribution in [0.5, 0.6) is 5.75 Å². The lowest BCUT2D eigenvalue weighted by atomic mass is 10.0. The number of carbonyl (C=O) groups is 1. The van der Waals surface area contributed by atoms with Gasteiger partial charge >= 0.3 is 5.97 Å². The average Bonchev–Trinajstić information content (AvgIpc) is 2.29. The zero-order chi connectivity index (χ0) is 12.8. The van der Waals surface area contributed by atoms with Gasteiger partial charge in [0.05, 0.1) is 12.2 Å². The highest BCUT2D eigenvalue weighted by molar-refractivity contribution is 5.92. The predicted molar refractivity (Wildman–Crippen MR) is 68.9 cm³/mol. The molecule has 0 amide bonds. The molecule has 1 aromatic rings. The Labute approximate surface area is 101 Å². The van der Waals surface area contributed by atoms with E-state index < -0.39 is 5.97 Å². The van der Waals surface area contributed by atoms with Gasteiger partial charge in [0.15, 0.2) is 0 Å². The maximum atomic E-state index is 11.6. The normalized spacial score (nSPS) is 10.5. The first-order valence-electron chi connectivity index (χ1n) is 5.43. The summed E-state index contributed by atoms with van der Waals surface area (Å²) in [6.07, 6.45) is 5.19. The van der Waals surface area contributed by atoms with Gasteiger partial charge in [-0.05, 0) is 31.5 Å². The Hall–Kier alpha value is -2.03. The molecule has 0 radical (unpaired) electrons. The number of hydrogen-bond donors (Lipinski definition) is 1. The topological polar surface area (TPSA) is 46.5 Å². The molecular formula is C14H16O3. The fourth-order valence-corrected chi connectivity index (χ4v) is 1.53. The number of phenolic OH excluding ortho intramolecular Hbond substituents is 1. The van der Waals surface area contributed by atoms with Gasteiger partial charge in [-0.15, -0.1) is 0 Å². The maximum Gasteiger partial charge on any atom is 0.338 e. The first-order chi connectivity index (χ1) is 8.13. The predicted octanol–water partition coefficient (Wildman–Crippen LogP) is 3.25. The van der Waals surface area contributed by atoms with Crippen molar-refractivity contribution in [2.45, 2.75) is 13.8 Å². The molecule has 90 valence electrons. The van der Waals surface area contributed by atoms with Crippen molar-refractivity contribution in [2.75, 3.05) is 6.61 Å². The Bertz CT molecular complexity index is 459. The summed E-state index contributed by atoms with van der Waals surface area (Å²) in [7, 11) is 0. The molecule has 0 heterocycles. The number of allylic oxidation sites excluding steroid dienone is 1. The van der Waals surface area contributed by atoms with Crippen LogP contribution in [0.4, 0.5) is 0 Å². The highest BCUT2D eigenvalue weighted by atomic mass is 16.5. The summed E-state index contributed by atoms with van der Waals surface area (Å²) in [5.74, 6) is -0.414. The minimum absolute atomic E-state index is 0.0265. The van der Waals surface area contributed by atoms with Crippen molar-refractivity contribution in [1.82, 2.24) is 0 Å². The summed E-state index contributed by atoms with van der Waals surface area (Å²) in [5.41, 5.74) is 1.68. The van der Waals surface area contributed by atoms with E-state index in [9.17, 15) is 9.90 Å². The van der Waals surface area contributed by atoms with Crippen molar-refractivity contribution in [3.05, 3.63) is 41.5 Å². The summed E-state index contributed by atoms with van der Waals surface area (Å²) in [6, 6.07) is 3.07. The largest absolute Gasteiger partial charge is 0.507 e. The number of aromatic hydroxyl groups is 1. The Morgan fingerprint density at radius 3 is 2.76 bits per heavy atom. The van der Waals surface area contributed by atoms with Crippen LogP contribution in [0.1, 0.15) is 35.3 Å². The van der Waals surface area contributed by atoms with Crippen molar-refractivity contribution in [3.63, 3.8) is 0 Å². The van der Waals surface area contributed by atoms with E-state index in [1.165, 1.54) is 6.07 Å². The molecule has 17 heavy (non-hydrogen) atoms. The van der Waals surface area contributed by atoms with Gasteiger partial charge in [0.2, 0.25) is 0 Å². The van der Waals surface area contributed by atoms with Crippen molar-refractivity contribution < 1.29 is 14.6 Å². The second-order valence-corrected chi connectivity index (χ2v) is 3.42. The molecule has 1 rings (SSSR count). The van der Waals surface area contributed by atoms with Gasteiger partial charge in [0.1, 0.15) is 5.75 Å². The van der Waals surface area contributed by atoms with Crippen LogP contribution in [0.25, 0.3) is 12.2 Å². The molecule has 1 N–H and O–H groups in total. The molecule has 0 unspecified atom stereocenters. The van der Waals surface area contributed by atoms with Crippen LogP contribution in [0.15, 0.2) is 24.8 Å². The molecule has 0 saturated heterocycles. The molecule has 0 aliphatic rings. The van der Waals surface area contributed by atoms with Crippen LogP contribution >= 0.6 is 0 Å². The van der Waals surface area contributed by atoms with Crippen LogP contribution in [0, 0.1) is 0 Å². The smallest absolute Gasteiger partial charge is 0.338 e. The van der Waals surface area contributed by atoms with Gasteiger partial charge in [-0.3, -0.25) is 0 Å². The zero-order valence-electron chi connectivity index (χ0n) is 10.1. The number of carbonyl (C=O) groups excluding carboxylic acids is 1. The third kappa shape index (κ3) is 2.97. The van der Waals surface area contributed by atoms with Gasteiger partial charge in [-0.1, -0.05) is 24.8 Å². The van der Waals surface area contributed by atoms with Crippen molar-refractivity contribution >= 4 is 18.1 Å². The number of rotatable bonds is 4. The fraction of sp³-hybridized carbons (Fsp3) is 0.214. The van der Waals surface area contributed by atoms with Crippen LogP contribution in [0.3, 0.4) is 0 Å². The highest BCUT2D eigenvalue weighted by Crippen LogP contribution is 2.26. The fourth-order valence-electron chi connectivity index (χ4n) is 1.53. The number of hydrogen-bond acceptors (Lipinski definition) is 3. The molecule has 0 aromatic heterocycles. The van der Waals surface area contributed by atoms with Gasteiger partial charge in [-0.2, -0.15) is 0 Å². The number of ether oxygens (including phenoxy) is 1. The number of benzene rings is 1. The molecule has 0 fully saturated rings. The molecule has 0 aliphatic heterocycles. The first-order valence-corrected chi connectivity index (χ1v) is 5.43. The van der Waals surface area contributed by atoms with E-state index in [1.807, 2.05) is 13.0 Å². The van der Waals surface area contributed by atoms with E-state index in [2.05, 4.69) is 6.58 Å². The minimum Gasteiger partial charge on any atom is -0.507 e. The molecule has 0 aliphatic carbocycles. The summed E-state index contributed by atoms with van der Waals surface area (Å²) in [6.45, 7) is 7.54. The van der Waals surface area contributed by atoms with E-state index in [1.54, 1.807) is 25.1 Å². The molecule has 0 saturated carbocycles. The quantitative estimate of drug-likeness (QED) is 0.810. The van der Waals surface area contributed by atoms with E-state index >= 15 is 0 Å². The van der Waals surface area contributed by atoms with Gasteiger partial charge < -0.3 is 9.84 Å². The number of esters is 1. The second-order valence-electron chi connectivity index (χ2n) is 3.42. The lowest BCUT2D eigenvalue weighted by Crippen LogP contribution is -2.05. The lowest BCUT2D eigenvalue weighted by molar-refractivity contribution is 0.0526. The van der Waals surface area contributed by atoms with Crippen LogP contribution < -0.4 is 0 Å². The summed E-state index contributed by atoms with van der Waals surface area (Å²) >= 11 is 0. The zero-order valence-corrected chi connectivity index (χ0v) is 10.1. The van der Waals surface area contributed by atoms with Gasteiger partial charge in [0, 0.05) is 5.56 Å². The Morgan fingerprint density at radius 1 is 1.53 bits per heavy atom. The van der Waals surface area contributed by atoms with E-state index in [4.69, 9.17) is 4.74 Å². The first kappa shape index (κ1) is 13.0. The van der Waals surface area contributed by atoms with Gasteiger partial charge in [0.25, 0.3) is 0 Å². The summed E-state index contributed by atoms with van der Waals surface area (Å²) in [4.78, 5) is 11.6. The third-order valence-corrected chi connectivity index (χ3v) is 2.25. The molecule has 3 heteroatoms. The van der Waals surface area contributed by atoms with E-state index in [0.29, 0.717) is 17.7 Å². The van der Waals surface area contributed by atoms with E-state index in [-0.39, 0.29) is 5.75 Å². The monoisotopic (exact) mass is 232 g/mol. The molecule has 1 aromatic carbocycles. The van der Waals surface area contributed by atoms with Crippen LogP contribution in [0.2, 0.25) is 0 Å². The Balaban J connectivity index is 3.28. The lowest BCUT2D eigenvalue weighted by Gasteiger charge is -2.08. The van der Waals surface area contributed by atoms with Gasteiger partial charge in [-0.25, -0.2) is 4.79 Å². The molecule has 0 atom stereocenters. The minimum atomic E-state index is -0.441. The average molecular weight is 232 g/mol. The molecule has 0 spiro atoms. The third-order valence-electron chi connectivity index (χ3n) is 2.25. The van der Waals surface area contributed by atoms with Crippen molar-refractivity contribution in [3.8, 4) is 5.75 Å². The van der Waals surface area contributed by atoms with E-state index in [0.717, 1.165) is 5.56 Å². The number of phenols is 1. The second kappa shape index (κ2) is 5.89. The summed E-state index contributed by atoms with van der Waals surface area (Å²) in [5, 5.41) is 9.80. The highest BCUT2D eigenvalue weighted by Gasteiger charge is 2.12. The molecule has 3 nitrogen and oxygen atoms in total. The standard InChI is InChI=1S/C14H16O3/c1-4-7-10-8-11(14(16)17-6-3)9-13(15)12(10)5-2/h4-5,7-9,15H,2,6H2,1,3H3/b7-4-. The maximum absolute atomic E-state index is 11.6. The SMILES string of the molecule is C=Cc1c(O)cc(C(=O)OCC)cc1/C=C\C. The molecule has 0 bridgehead atoms. The Morgan fingerprint density at radius 2 is 2.24 bits per heavy atom. The van der Waals surface area contributed by atoms with Crippen LogP contribution in [-0.2, 0) is 4.74 Å².